The van der Waals surface area contributed by atoms with E-state index in [1.807, 2.05) is 6.07 Å². The summed E-state index contributed by atoms with van der Waals surface area (Å²) in [5.74, 6) is 0.869. The number of hydrogen-bond donors (Lipinski definition) is 2. The summed E-state index contributed by atoms with van der Waals surface area (Å²) in [7, 11) is 0. The minimum Gasteiger partial charge on any atom is -0.491 e. The molecular formula is C16H23NO2. The second kappa shape index (κ2) is 5.14. The lowest BCUT2D eigenvalue weighted by Crippen LogP contribution is -2.32. The number of fused-ring (bicyclic) bond motifs is 1. The van der Waals surface area contributed by atoms with E-state index in [4.69, 9.17) is 10.5 Å². The average Bonchev–Trinajstić information content (AvgIpc) is 2.84. The van der Waals surface area contributed by atoms with E-state index in [9.17, 15) is 5.11 Å². The zero-order chi connectivity index (χ0) is 13.3. The molecule has 1 saturated carbocycles. The van der Waals surface area contributed by atoms with Crippen molar-refractivity contribution >= 4 is 0 Å². The Morgan fingerprint density at radius 1 is 1.26 bits per heavy atom. The molecule has 0 aliphatic heterocycles. The molecule has 0 bridgehead atoms. The standard InChI is InChI=1S/C16H23NO2/c17-15-5-3-4-12-10-13(6-7-14(12)15)19-11-16(18)8-1-2-9-16/h6-7,10,15,18H,1-5,8-9,11,17H2. The van der Waals surface area contributed by atoms with E-state index in [1.54, 1.807) is 0 Å². The van der Waals surface area contributed by atoms with Crippen molar-refractivity contribution in [3.8, 4) is 5.75 Å². The van der Waals surface area contributed by atoms with Crippen molar-refractivity contribution in [3.05, 3.63) is 29.3 Å². The summed E-state index contributed by atoms with van der Waals surface area (Å²) < 4.78 is 5.80. The zero-order valence-corrected chi connectivity index (χ0v) is 11.4. The fourth-order valence-electron chi connectivity index (χ4n) is 3.31. The SMILES string of the molecule is NC1CCCc2cc(OCC3(O)CCCC3)ccc21. The lowest BCUT2D eigenvalue weighted by molar-refractivity contribution is 0.00137. The van der Waals surface area contributed by atoms with E-state index < -0.39 is 5.60 Å². The molecule has 0 saturated heterocycles. The van der Waals surface area contributed by atoms with Gasteiger partial charge in [0.15, 0.2) is 0 Å². The van der Waals surface area contributed by atoms with Crippen molar-refractivity contribution in [1.82, 2.24) is 0 Å². The normalized spacial score (nSPS) is 25.1. The fourth-order valence-corrected chi connectivity index (χ4v) is 3.31. The van der Waals surface area contributed by atoms with Gasteiger partial charge in [0.25, 0.3) is 0 Å². The lowest BCUT2D eigenvalue weighted by atomic mass is 9.88. The van der Waals surface area contributed by atoms with Crippen LogP contribution in [0.1, 0.15) is 55.7 Å². The van der Waals surface area contributed by atoms with Gasteiger partial charge in [0.1, 0.15) is 12.4 Å². The smallest absolute Gasteiger partial charge is 0.119 e. The number of rotatable bonds is 3. The van der Waals surface area contributed by atoms with Gasteiger partial charge in [0, 0.05) is 6.04 Å². The van der Waals surface area contributed by atoms with Crippen LogP contribution in [0.4, 0.5) is 0 Å². The highest BCUT2D eigenvalue weighted by atomic mass is 16.5. The summed E-state index contributed by atoms with van der Waals surface area (Å²) in [6, 6.07) is 6.36. The predicted molar refractivity (Wildman–Crippen MR) is 75.2 cm³/mol. The van der Waals surface area contributed by atoms with Gasteiger partial charge in [-0.1, -0.05) is 18.9 Å². The van der Waals surface area contributed by atoms with Crippen LogP contribution in [0.3, 0.4) is 0 Å². The molecule has 2 aliphatic carbocycles. The van der Waals surface area contributed by atoms with Crippen molar-refractivity contribution in [2.45, 2.75) is 56.6 Å². The highest BCUT2D eigenvalue weighted by Crippen LogP contribution is 2.33. The van der Waals surface area contributed by atoms with Crippen molar-refractivity contribution in [2.24, 2.45) is 5.73 Å². The summed E-state index contributed by atoms with van der Waals surface area (Å²) in [6.45, 7) is 0.415. The Morgan fingerprint density at radius 2 is 2.05 bits per heavy atom. The van der Waals surface area contributed by atoms with Gasteiger partial charge >= 0.3 is 0 Å². The van der Waals surface area contributed by atoms with Crippen LogP contribution in [-0.4, -0.2) is 17.3 Å². The van der Waals surface area contributed by atoms with E-state index in [-0.39, 0.29) is 6.04 Å². The molecule has 1 fully saturated rings. The first kappa shape index (κ1) is 12.9. The average molecular weight is 261 g/mol. The Kier molecular flexibility index (Phi) is 3.50. The summed E-state index contributed by atoms with van der Waals surface area (Å²) in [5.41, 5.74) is 8.08. The number of aryl methyl sites for hydroxylation is 1. The Labute approximate surface area is 114 Å². The highest BCUT2D eigenvalue weighted by Gasteiger charge is 2.32. The molecule has 104 valence electrons. The number of hydrogen-bond acceptors (Lipinski definition) is 3. The monoisotopic (exact) mass is 261 g/mol. The molecule has 0 radical (unpaired) electrons. The third kappa shape index (κ3) is 2.77. The van der Waals surface area contributed by atoms with Gasteiger partial charge in [0.05, 0.1) is 5.60 Å². The topological polar surface area (TPSA) is 55.5 Å². The maximum absolute atomic E-state index is 10.3. The molecule has 1 atom stereocenters. The van der Waals surface area contributed by atoms with Gasteiger partial charge < -0.3 is 15.6 Å². The minimum atomic E-state index is -0.605. The third-order valence-electron chi connectivity index (χ3n) is 4.52. The van der Waals surface area contributed by atoms with Crippen LogP contribution in [0.25, 0.3) is 0 Å². The third-order valence-corrected chi connectivity index (χ3v) is 4.52. The second-order valence-corrected chi connectivity index (χ2v) is 6.08. The number of nitrogens with two attached hydrogens (primary N) is 1. The molecule has 0 amide bonds. The molecule has 3 rings (SSSR count). The second-order valence-electron chi connectivity index (χ2n) is 6.08. The first-order valence-electron chi connectivity index (χ1n) is 7.40. The van der Waals surface area contributed by atoms with Crippen molar-refractivity contribution in [3.63, 3.8) is 0 Å². The molecule has 19 heavy (non-hydrogen) atoms. The van der Waals surface area contributed by atoms with Crippen LogP contribution in [0.5, 0.6) is 5.75 Å². The summed E-state index contributed by atoms with van der Waals surface area (Å²) >= 11 is 0. The summed E-state index contributed by atoms with van der Waals surface area (Å²) in [5, 5.41) is 10.3. The first-order chi connectivity index (χ1) is 9.16. The molecule has 3 N–H and O–H groups in total. The van der Waals surface area contributed by atoms with Crippen molar-refractivity contribution in [2.75, 3.05) is 6.61 Å². The predicted octanol–water partition coefficient (Wildman–Crippen LogP) is 2.71. The molecule has 1 unspecified atom stereocenters. The van der Waals surface area contributed by atoms with Crippen LogP contribution in [0, 0.1) is 0 Å². The van der Waals surface area contributed by atoms with Crippen molar-refractivity contribution in [1.29, 1.82) is 0 Å². The van der Waals surface area contributed by atoms with E-state index in [1.165, 1.54) is 11.1 Å². The van der Waals surface area contributed by atoms with Gasteiger partial charge in [-0.3, -0.25) is 0 Å². The first-order valence-corrected chi connectivity index (χ1v) is 7.40. The molecule has 2 aliphatic rings. The largest absolute Gasteiger partial charge is 0.491 e. The summed E-state index contributed by atoms with van der Waals surface area (Å²) in [4.78, 5) is 0. The van der Waals surface area contributed by atoms with Gasteiger partial charge in [-0.25, -0.2) is 0 Å². The molecule has 3 nitrogen and oxygen atoms in total. The number of ether oxygens (including phenoxy) is 1. The molecule has 1 aromatic carbocycles. The van der Waals surface area contributed by atoms with Gasteiger partial charge in [0.2, 0.25) is 0 Å². The van der Waals surface area contributed by atoms with Gasteiger partial charge in [-0.15, -0.1) is 0 Å². The Balaban J connectivity index is 1.68. The van der Waals surface area contributed by atoms with E-state index >= 15 is 0 Å². The lowest BCUT2D eigenvalue weighted by Gasteiger charge is -2.25. The Bertz CT molecular complexity index is 452. The molecule has 3 heteroatoms. The molecule has 0 aromatic heterocycles. The van der Waals surface area contributed by atoms with E-state index in [2.05, 4.69) is 12.1 Å². The Morgan fingerprint density at radius 3 is 2.84 bits per heavy atom. The maximum atomic E-state index is 10.3. The van der Waals surface area contributed by atoms with Gasteiger partial charge in [-0.2, -0.15) is 0 Å². The maximum Gasteiger partial charge on any atom is 0.119 e. The zero-order valence-electron chi connectivity index (χ0n) is 11.4. The fraction of sp³-hybridized carbons (Fsp3) is 0.625. The highest BCUT2D eigenvalue weighted by molar-refractivity contribution is 5.38. The van der Waals surface area contributed by atoms with Crippen LogP contribution in [0.15, 0.2) is 18.2 Å². The number of benzene rings is 1. The van der Waals surface area contributed by atoms with Crippen LogP contribution >= 0.6 is 0 Å². The molecule has 1 aromatic rings. The van der Waals surface area contributed by atoms with Crippen molar-refractivity contribution < 1.29 is 9.84 Å². The van der Waals surface area contributed by atoms with E-state index in [0.717, 1.165) is 50.7 Å². The van der Waals surface area contributed by atoms with Crippen LogP contribution in [-0.2, 0) is 6.42 Å². The Hall–Kier alpha value is -1.06. The van der Waals surface area contributed by atoms with Crippen LogP contribution < -0.4 is 10.5 Å². The molecule has 0 spiro atoms. The quantitative estimate of drug-likeness (QED) is 0.879. The van der Waals surface area contributed by atoms with Crippen LogP contribution in [0.2, 0.25) is 0 Å². The summed E-state index contributed by atoms with van der Waals surface area (Å²) in [6.07, 6.45) is 7.27. The van der Waals surface area contributed by atoms with Gasteiger partial charge in [-0.05, 0) is 55.4 Å². The minimum absolute atomic E-state index is 0.178. The molecular weight excluding hydrogens is 238 g/mol. The number of aliphatic hydroxyl groups is 1. The molecule has 0 heterocycles. The van der Waals surface area contributed by atoms with E-state index in [0.29, 0.717) is 6.61 Å².